The van der Waals surface area contributed by atoms with Crippen molar-refractivity contribution in [3.05, 3.63) is 73.1 Å². The summed E-state index contributed by atoms with van der Waals surface area (Å²) >= 11 is 0. The van der Waals surface area contributed by atoms with Gasteiger partial charge in [-0.05, 0) is 38.0 Å². The minimum atomic E-state index is -0.469. The van der Waals surface area contributed by atoms with Crippen LogP contribution >= 0.6 is 12.4 Å². The second-order valence-corrected chi connectivity index (χ2v) is 7.50. The fourth-order valence-corrected chi connectivity index (χ4v) is 3.74. The maximum Gasteiger partial charge on any atom is 0.268 e. The number of rotatable bonds is 10. The highest BCUT2D eigenvalue weighted by molar-refractivity contribution is 5.85. The van der Waals surface area contributed by atoms with Gasteiger partial charge in [-0.1, -0.05) is 44.7 Å². The van der Waals surface area contributed by atoms with Crippen LogP contribution in [0.4, 0.5) is 0 Å². The van der Waals surface area contributed by atoms with Gasteiger partial charge >= 0.3 is 0 Å². The molecule has 0 saturated heterocycles. The van der Waals surface area contributed by atoms with Crippen LogP contribution in [-0.4, -0.2) is 27.0 Å². The summed E-state index contributed by atoms with van der Waals surface area (Å²) in [7, 11) is 0. The molecular formula is C22H31ClN4O3. The number of hydrogen-bond acceptors (Lipinski definition) is 3. The fourth-order valence-electron chi connectivity index (χ4n) is 3.74. The average molecular weight is 435 g/mol. The smallest absolute Gasteiger partial charge is 0.268 e. The van der Waals surface area contributed by atoms with E-state index in [9.17, 15) is 9.59 Å². The van der Waals surface area contributed by atoms with Crippen LogP contribution in [0.3, 0.4) is 0 Å². The Morgan fingerprint density at radius 3 is 1.80 bits per heavy atom. The van der Waals surface area contributed by atoms with Crippen LogP contribution in [0.1, 0.15) is 73.0 Å². The standard InChI is InChI=1S/C22H30N4O3.ClH/c1-4-5-6-7-8-13-29-17-11-9-16(10-12-17)20(18-14(2)23-25-21(18)27)19-15(3)24-26-22(19)28;/h9-12,20H,4-8,13H2,1-3H3,(H2,23,25,27)(H2,24,26,28);1H. The molecule has 8 heteroatoms. The molecule has 0 radical (unpaired) electrons. The maximum atomic E-state index is 12.5. The monoisotopic (exact) mass is 434 g/mol. The molecule has 0 saturated carbocycles. The molecule has 3 rings (SSSR count). The van der Waals surface area contributed by atoms with E-state index in [0.29, 0.717) is 29.1 Å². The lowest BCUT2D eigenvalue weighted by Crippen LogP contribution is -2.20. The van der Waals surface area contributed by atoms with Crippen molar-refractivity contribution in [3.63, 3.8) is 0 Å². The van der Waals surface area contributed by atoms with Gasteiger partial charge in [0.2, 0.25) is 0 Å². The number of aromatic amines is 4. The first-order chi connectivity index (χ1) is 14.0. The number of hydrogen-bond donors (Lipinski definition) is 4. The first-order valence-electron chi connectivity index (χ1n) is 10.3. The average Bonchev–Trinajstić information content (AvgIpc) is 3.22. The van der Waals surface area contributed by atoms with Crippen LogP contribution in [0.2, 0.25) is 0 Å². The lowest BCUT2D eigenvalue weighted by Gasteiger charge is -2.16. The van der Waals surface area contributed by atoms with Gasteiger partial charge in [-0.25, -0.2) is 0 Å². The van der Waals surface area contributed by atoms with E-state index >= 15 is 0 Å². The molecule has 0 amide bonds. The Morgan fingerprint density at radius 2 is 1.33 bits per heavy atom. The summed E-state index contributed by atoms with van der Waals surface area (Å²) in [6.07, 6.45) is 5.97. The third kappa shape index (κ3) is 5.27. The van der Waals surface area contributed by atoms with Crippen molar-refractivity contribution in [1.82, 2.24) is 20.4 Å². The molecular weight excluding hydrogens is 404 g/mol. The van der Waals surface area contributed by atoms with Gasteiger partial charge in [0, 0.05) is 17.3 Å². The number of unbranched alkanes of at least 4 members (excludes halogenated alkanes) is 4. The third-order valence-corrected chi connectivity index (χ3v) is 5.33. The molecule has 0 unspecified atom stereocenters. The highest BCUT2D eigenvalue weighted by Crippen LogP contribution is 2.31. The van der Waals surface area contributed by atoms with Gasteiger partial charge < -0.3 is 14.9 Å². The molecule has 164 valence electrons. The Kier molecular flexibility index (Phi) is 8.59. The molecule has 0 aliphatic rings. The molecule has 0 spiro atoms. The van der Waals surface area contributed by atoms with Crippen LogP contribution in [0.5, 0.6) is 5.75 Å². The number of ether oxygens (including phenoxy) is 1. The van der Waals surface area contributed by atoms with Gasteiger partial charge in [0.15, 0.2) is 0 Å². The first kappa shape index (κ1) is 23.6. The Bertz CT molecular complexity index is 976. The molecule has 3 aromatic rings. The number of benzene rings is 1. The zero-order chi connectivity index (χ0) is 20.8. The third-order valence-electron chi connectivity index (χ3n) is 5.33. The van der Waals surface area contributed by atoms with Crippen LogP contribution in [0, 0.1) is 13.8 Å². The molecule has 4 N–H and O–H groups in total. The minimum absolute atomic E-state index is 0. The highest BCUT2D eigenvalue weighted by Gasteiger charge is 2.27. The van der Waals surface area contributed by atoms with E-state index in [1.54, 1.807) is 0 Å². The summed E-state index contributed by atoms with van der Waals surface area (Å²) in [6.45, 7) is 6.55. The van der Waals surface area contributed by atoms with E-state index in [4.69, 9.17) is 4.74 Å². The number of H-pyrrole nitrogens is 4. The normalized spacial score (nSPS) is 10.9. The quantitative estimate of drug-likeness (QED) is 0.357. The molecule has 1 aromatic carbocycles. The Morgan fingerprint density at radius 1 is 0.800 bits per heavy atom. The Hall–Kier alpha value is -2.67. The van der Waals surface area contributed by atoms with Crippen LogP contribution in [0.15, 0.2) is 33.9 Å². The van der Waals surface area contributed by atoms with E-state index in [2.05, 4.69) is 27.3 Å². The van der Waals surface area contributed by atoms with E-state index in [1.807, 2.05) is 38.1 Å². The second-order valence-electron chi connectivity index (χ2n) is 7.50. The fraction of sp³-hybridized carbons (Fsp3) is 0.455. The zero-order valence-electron chi connectivity index (χ0n) is 17.8. The second kappa shape index (κ2) is 10.9. The summed E-state index contributed by atoms with van der Waals surface area (Å²) in [4.78, 5) is 24.9. The molecule has 30 heavy (non-hydrogen) atoms. The van der Waals surface area contributed by atoms with Gasteiger partial charge in [0.05, 0.1) is 17.7 Å². The molecule has 0 atom stereocenters. The van der Waals surface area contributed by atoms with Crippen molar-refractivity contribution in [2.24, 2.45) is 0 Å². The van der Waals surface area contributed by atoms with E-state index in [0.717, 1.165) is 17.7 Å². The van der Waals surface area contributed by atoms with E-state index in [-0.39, 0.29) is 23.5 Å². The summed E-state index contributed by atoms with van der Waals surface area (Å²) in [6, 6.07) is 7.66. The highest BCUT2D eigenvalue weighted by atomic mass is 35.5. The van der Waals surface area contributed by atoms with Crippen molar-refractivity contribution in [2.75, 3.05) is 6.61 Å². The van der Waals surface area contributed by atoms with Gasteiger partial charge in [0.25, 0.3) is 11.1 Å². The summed E-state index contributed by atoms with van der Waals surface area (Å²) in [5.74, 6) is 0.325. The number of aromatic nitrogens is 4. The lowest BCUT2D eigenvalue weighted by atomic mass is 9.85. The molecule has 0 aliphatic heterocycles. The Labute approximate surface area is 182 Å². The predicted molar refractivity (Wildman–Crippen MR) is 121 cm³/mol. The largest absolute Gasteiger partial charge is 0.494 e. The van der Waals surface area contributed by atoms with Crippen molar-refractivity contribution in [3.8, 4) is 5.75 Å². The lowest BCUT2D eigenvalue weighted by molar-refractivity contribution is 0.304. The molecule has 7 nitrogen and oxygen atoms in total. The number of nitrogens with one attached hydrogen (secondary N) is 4. The molecule has 2 aromatic heterocycles. The van der Waals surface area contributed by atoms with Crippen LogP contribution in [0.25, 0.3) is 0 Å². The molecule has 0 fully saturated rings. The first-order valence-corrected chi connectivity index (χ1v) is 10.3. The van der Waals surface area contributed by atoms with Crippen LogP contribution in [-0.2, 0) is 0 Å². The minimum Gasteiger partial charge on any atom is -0.494 e. The zero-order valence-corrected chi connectivity index (χ0v) is 18.6. The van der Waals surface area contributed by atoms with Crippen LogP contribution < -0.4 is 15.9 Å². The number of halogens is 1. The van der Waals surface area contributed by atoms with Crippen molar-refractivity contribution in [1.29, 1.82) is 0 Å². The van der Waals surface area contributed by atoms with Gasteiger partial charge in [-0.15, -0.1) is 12.4 Å². The van der Waals surface area contributed by atoms with Crippen molar-refractivity contribution < 1.29 is 4.74 Å². The van der Waals surface area contributed by atoms with Crippen molar-refractivity contribution in [2.45, 2.75) is 58.8 Å². The van der Waals surface area contributed by atoms with E-state index in [1.165, 1.54) is 25.7 Å². The summed E-state index contributed by atoms with van der Waals surface area (Å²) < 4.78 is 5.85. The molecule has 0 bridgehead atoms. The topological polar surface area (TPSA) is 107 Å². The van der Waals surface area contributed by atoms with Gasteiger partial charge in [0.1, 0.15) is 5.75 Å². The predicted octanol–water partition coefficient (Wildman–Crippen LogP) is 4.29. The maximum absolute atomic E-state index is 12.5. The van der Waals surface area contributed by atoms with E-state index < -0.39 is 5.92 Å². The summed E-state index contributed by atoms with van der Waals surface area (Å²) in [5.41, 5.74) is 2.94. The SMILES string of the molecule is CCCCCCCOc1ccc(C(c2c(C)[nH][nH]c2=O)c2c(C)[nH][nH]c2=O)cc1.Cl. The summed E-state index contributed by atoms with van der Waals surface area (Å²) in [5, 5.41) is 11.0. The van der Waals surface area contributed by atoms with Crippen molar-refractivity contribution >= 4 is 12.4 Å². The van der Waals surface area contributed by atoms with Gasteiger partial charge in [-0.2, -0.15) is 0 Å². The van der Waals surface area contributed by atoms with Gasteiger partial charge in [-0.3, -0.25) is 19.8 Å². The Balaban J connectivity index is 0.00000320. The molecule has 2 heterocycles. The number of aryl methyl sites for hydroxylation is 2. The molecule has 0 aliphatic carbocycles.